The van der Waals surface area contributed by atoms with Crippen molar-refractivity contribution in [2.75, 3.05) is 13.2 Å². The molecule has 1 heterocycles. The van der Waals surface area contributed by atoms with Gasteiger partial charge in [-0.05, 0) is 17.5 Å². The van der Waals surface area contributed by atoms with E-state index in [1.807, 2.05) is 24.3 Å². The normalized spacial score (nSPS) is 15.5. The summed E-state index contributed by atoms with van der Waals surface area (Å²) in [6.07, 6.45) is 2.18. The molecule has 2 rings (SSSR count). The predicted octanol–water partition coefficient (Wildman–Crippen LogP) is -1.39. The number of carbonyl (C=O) groups is 4. The molecule has 1 aromatic carbocycles. The van der Waals surface area contributed by atoms with Gasteiger partial charge in [-0.15, -0.1) is 0 Å². The summed E-state index contributed by atoms with van der Waals surface area (Å²) in [6, 6.07) is 2.27. The van der Waals surface area contributed by atoms with E-state index in [4.69, 9.17) is 10.8 Å². The fraction of sp³-hybridized carbons (Fsp3) is 0.478. The first-order valence-electron chi connectivity index (χ1n) is 11.3. The van der Waals surface area contributed by atoms with Crippen LogP contribution in [0.3, 0.4) is 0 Å². The molecule has 3 amide bonds. The largest absolute Gasteiger partial charge is 0.480 e. The fourth-order valence-electron chi connectivity index (χ4n) is 3.49. The lowest BCUT2D eigenvalue weighted by Crippen LogP contribution is -2.59. The average molecular weight is 492 g/mol. The number of nitrogens with two attached hydrogens (primary N) is 1. The van der Waals surface area contributed by atoms with E-state index in [1.165, 1.54) is 0 Å². The van der Waals surface area contributed by atoms with Gasteiger partial charge in [0.25, 0.3) is 0 Å². The Balaban J connectivity index is 2.15. The molecular formula is C23H33N5O7. The van der Waals surface area contributed by atoms with E-state index in [2.05, 4.69) is 20.9 Å². The van der Waals surface area contributed by atoms with Crippen molar-refractivity contribution in [1.29, 1.82) is 0 Å². The van der Waals surface area contributed by atoms with Crippen LogP contribution in [0, 0.1) is 5.92 Å². The van der Waals surface area contributed by atoms with Gasteiger partial charge in [-0.1, -0.05) is 38.5 Å². The molecule has 0 spiro atoms. The smallest absolute Gasteiger partial charge is 0.326 e. The Hall–Kier alpha value is -3.48. The summed E-state index contributed by atoms with van der Waals surface area (Å²) in [5.41, 5.74) is 6.96. The second-order valence-electron chi connectivity index (χ2n) is 8.37. The molecule has 0 saturated carbocycles. The third-order valence-electron chi connectivity index (χ3n) is 5.86. The maximum absolute atomic E-state index is 13.1. The molecule has 12 nitrogen and oxygen atoms in total. The minimum Gasteiger partial charge on any atom is -0.480 e. The number of para-hydroxylation sites is 1. The fourth-order valence-corrected chi connectivity index (χ4v) is 3.49. The Labute approximate surface area is 202 Å². The second-order valence-corrected chi connectivity index (χ2v) is 8.37. The number of H-pyrrole nitrogens is 1. The van der Waals surface area contributed by atoms with E-state index in [0.29, 0.717) is 12.0 Å². The molecule has 0 fully saturated rings. The van der Waals surface area contributed by atoms with Crippen LogP contribution in [0.2, 0.25) is 0 Å². The van der Waals surface area contributed by atoms with Crippen LogP contribution in [0.1, 0.15) is 25.8 Å². The van der Waals surface area contributed by atoms with E-state index in [0.717, 1.165) is 10.9 Å². The Morgan fingerprint density at radius 3 is 2.23 bits per heavy atom. The van der Waals surface area contributed by atoms with Crippen molar-refractivity contribution in [1.82, 2.24) is 20.9 Å². The highest BCUT2D eigenvalue weighted by atomic mass is 16.4. The molecule has 0 aliphatic heterocycles. The summed E-state index contributed by atoms with van der Waals surface area (Å²) in [5.74, 6) is -4.05. The number of aliphatic carboxylic acids is 1. The lowest BCUT2D eigenvalue weighted by Gasteiger charge is -2.27. The molecule has 0 radical (unpaired) electrons. The lowest BCUT2D eigenvalue weighted by molar-refractivity contribution is -0.142. The number of nitrogens with one attached hydrogen (secondary N) is 4. The summed E-state index contributed by atoms with van der Waals surface area (Å²) in [4.78, 5) is 52.6. The number of carboxylic acids is 1. The highest BCUT2D eigenvalue weighted by molar-refractivity contribution is 5.94. The molecule has 1 aromatic heterocycles. The third kappa shape index (κ3) is 7.25. The molecule has 35 heavy (non-hydrogen) atoms. The SMILES string of the molecule is CCC(C)C(NC(=O)C(CO)NC(=O)C(N)CO)C(=O)NC(Cc1c[nH]c2ccccc12)C(=O)O. The molecule has 12 heteroatoms. The van der Waals surface area contributed by atoms with Gasteiger partial charge in [0.05, 0.1) is 13.2 Å². The van der Waals surface area contributed by atoms with E-state index < -0.39 is 67.0 Å². The average Bonchev–Trinajstić information content (AvgIpc) is 3.26. The molecule has 5 atom stereocenters. The van der Waals surface area contributed by atoms with Gasteiger partial charge >= 0.3 is 5.97 Å². The zero-order chi connectivity index (χ0) is 26.1. The molecule has 0 aliphatic rings. The van der Waals surface area contributed by atoms with Crippen molar-refractivity contribution >= 4 is 34.6 Å². The Morgan fingerprint density at radius 2 is 1.63 bits per heavy atom. The molecule has 0 bridgehead atoms. The van der Waals surface area contributed by atoms with Gasteiger partial charge in [-0.2, -0.15) is 0 Å². The number of fused-ring (bicyclic) bond motifs is 1. The minimum atomic E-state index is -1.42. The number of aromatic nitrogens is 1. The van der Waals surface area contributed by atoms with Gasteiger partial charge in [0.1, 0.15) is 24.2 Å². The van der Waals surface area contributed by atoms with Crippen LogP contribution in [0.25, 0.3) is 10.9 Å². The van der Waals surface area contributed by atoms with Crippen LogP contribution >= 0.6 is 0 Å². The summed E-state index contributed by atoms with van der Waals surface area (Å²) >= 11 is 0. The first-order valence-corrected chi connectivity index (χ1v) is 11.3. The highest BCUT2D eigenvalue weighted by Crippen LogP contribution is 2.19. The van der Waals surface area contributed by atoms with Crippen LogP contribution in [-0.4, -0.2) is 81.4 Å². The second kappa shape index (κ2) is 12.8. The summed E-state index contributed by atoms with van der Waals surface area (Å²) < 4.78 is 0. The number of carbonyl (C=O) groups excluding carboxylic acids is 3. The van der Waals surface area contributed by atoms with Crippen LogP contribution in [0.5, 0.6) is 0 Å². The quantitative estimate of drug-likeness (QED) is 0.167. The van der Waals surface area contributed by atoms with Crippen molar-refractivity contribution in [3.8, 4) is 0 Å². The number of rotatable bonds is 13. The van der Waals surface area contributed by atoms with Crippen molar-refractivity contribution in [2.45, 2.75) is 50.9 Å². The van der Waals surface area contributed by atoms with E-state index in [1.54, 1.807) is 20.0 Å². The van der Waals surface area contributed by atoms with Gasteiger partial charge in [0.15, 0.2) is 0 Å². The molecule has 9 N–H and O–H groups in total. The number of hydrogen-bond donors (Lipinski definition) is 8. The number of aliphatic hydroxyl groups is 2. The van der Waals surface area contributed by atoms with Crippen LogP contribution in [0.15, 0.2) is 30.5 Å². The lowest BCUT2D eigenvalue weighted by atomic mass is 9.97. The zero-order valence-electron chi connectivity index (χ0n) is 19.7. The van der Waals surface area contributed by atoms with Gasteiger partial charge in [-0.3, -0.25) is 14.4 Å². The van der Waals surface area contributed by atoms with Gasteiger partial charge in [0.2, 0.25) is 17.7 Å². The monoisotopic (exact) mass is 491 g/mol. The van der Waals surface area contributed by atoms with Crippen molar-refractivity contribution in [3.63, 3.8) is 0 Å². The van der Waals surface area contributed by atoms with E-state index >= 15 is 0 Å². The summed E-state index contributed by atoms with van der Waals surface area (Å²) in [7, 11) is 0. The van der Waals surface area contributed by atoms with Crippen molar-refractivity contribution in [2.24, 2.45) is 11.7 Å². The Bertz CT molecular complexity index is 1040. The Kier molecular flexibility index (Phi) is 10.2. The molecule has 0 saturated heterocycles. The molecule has 2 aromatic rings. The van der Waals surface area contributed by atoms with E-state index in [-0.39, 0.29) is 6.42 Å². The van der Waals surface area contributed by atoms with Crippen LogP contribution in [0.4, 0.5) is 0 Å². The molecule has 192 valence electrons. The highest BCUT2D eigenvalue weighted by Gasteiger charge is 2.32. The van der Waals surface area contributed by atoms with Gasteiger partial charge < -0.3 is 42.0 Å². The summed E-state index contributed by atoms with van der Waals surface area (Å²) in [6.45, 7) is 2.07. The zero-order valence-corrected chi connectivity index (χ0v) is 19.7. The standard InChI is InChI=1S/C23H33N5O7/c1-3-12(2)19(28-21(32)18(11-30)27-20(31)15(24)10-29)22(33)26-17(23(34)35)8-13-9-25-16-7-5-4-6-14(13)16/h4-7,9,12,15,17-19,25,29-30H,3,8,10-11,24H2,1-2H3,(H,26,33)(H,27,31)(H,28,32)(H,34,35). The van der Waals surface area contributed by atoms with Crippen LogP contribution < -0.4 is 21.7 Å². The molecular weight excluding hydrogens is 458 g/mol. The first-order chi connectivity index (χ1) is 16.6. The number of aliphatic hydroxyl groups excluding tert-OH is 2. The van der Waals surface area contributed by atoms with Gasteiger partial charge in [0, 0.05) is 23.5 Å². The number of aromatic amines is 1. The minimum absolute atomic E-state index is 0.0145. The van der Waals surface area contributed by atoms with E-state index in [9.17, 15) is 29.4 Å². The Morgan fingerprint density at radius 1 is 0.971 bits per heavy atom. The topological polar surface area (TPSA) is 207 Å². The number of hydrogen-bond acceptors (Lipinski definition) is 7. The summed E-state index contributed by atoms with van der Waals surface area (Å²) in [5, 5.41) is 36.3. The van der Waals surface area contributed by atoms with Crippen LogP contribution in [-0.2, 0) is 25.6 Å². The first kappa shape index (κ1) is 27.8. The van der Waals surface area contributed by atoms with Gasteiger partial charge in [-0.25, -0.2) is 4.79 Å². The van der Waals surface area contributed by atoms with Crippen molar-refractivity contribution < 1.29 is 34.5 Å². The number of amides is 3. The maximum atomic E-state index is 13.1. The third-order valence-corrected chi connectivity index (χ3v) is 5.86. The molecule has 5 unspecified atom stereocenters. The molecule has 0 aliphatic carbocycles. The van der Waals surface area contributed by atoms with Crippen molar-refractivity contribution in [3.05, 3.63) is 36.0 Å². The predicted molar refractivity (Wildman–Crippen MR) is 127 cm³/mol. The number of benzene rings is 1. The number of carboxylic acid groups (broad SMARTS) is 1. The maximum Gasteiger partial charge on any atom is 0.326 e.